The molecule has 0 radical (unpaired) electrons. The van der Waals surface area contributed by atoms with Crippen molar-refractivity contribution in [1.29, 1.82) is 0 Å². The summed E-state index contributed by atoms with van der Waals surface area (Å²) >= 11 is 6.81. The van der Waals surface area contributed by atoms with Gasteiger partial charge in [-0.05, 0) is 123 Å². The van der Waals surface area contributed by atoms with Gasteiger partial charge in [-0.2, -0.15) is 0 Å². The Bertz CT molecular complexity index is 1010. The zero-order chi connectivity index (χ0) is 22.6. The van der Waals surface area contributed by atoms with Crippen molar-refractivity contribution in [2.45, 2.75) is 76.3 Å². The van der Waals surface area contributed by atoms with Crippen molar-refractivity contribution in [2.75, 3.05) is 11.9 Å². The van der Waals surface area contributed by atoms with Crippen LogP contribution in [0.4, 0.5) is 11.4 Å². The van der Waals surface area contributed by atoms with Gasteiger partial charge in [0.1, 0.15) is 5.78 Å². The zero-order valence-corrected chi connectivity index (χ0v) is 20.4. The number of carbonyl (C=O) groups is 1. The van der Waals surface area contributed by atoms with Crippen molar-refractivity contribution in [1.82, 2.24) is 4.90 Å². The summed E-state index contributed by atoms with van der Waals surface area (Å²) in [6, 6.07) is 15.4. The molecule has 4 heteroatoms. The third-order valence-corrected chi connectivity index (χ3v) is 9.38. The van der Waals surface area contributed by atoms with E-state index in [4.69, 9.17) is 11.6 Å². The van der Waals surface area contributed by atoms with Gasteiger partial charge in [0, 0.05) is 12.2 Å². The van der Waals surface area contributed by atoms with Crippen LogP contribution in [0.15, 0.2) is 42.5 Å². The quantitative estimate of drug-likeness (QED) is 0.496. The standard InChI is InChI=1S/C29H35ClN2O/c1-19(33)28-3-2-10-32(28)18-20-4-7-25(8-5-20)31-27-9-6-24(14-26(27)30)29-15-21-11-22(16-29)13-23(12-21)17-29/h4-9,14,21-23,28,31H,2-3,10-13,15-18H2,1H3. The molecule has 4 saturated carbocycles. The van der Waals surface area contributed by atoms with Crippen molar-refractivity contribution in [3.63, 3.8) is 0 Å². The molecular formula is C29H35ClN2O. The lowest BCUT2D eigenvalue weighted by molar-refractivity contribution is -0.121. The van der Waals surface area contributed by atoms with Gasteiger partial charge in [-0.15, -0.1) is 0 Å². The van der Waals surface area contributed by atoms with Gasteiger partial charge >= 0.3 is 0 Å². The first kappa shape index (κ1) is 21.7. The molecule has 3 nitrogen and oxygen atoms in total. The van der Waals surface area contributed by atoms with Gasteiger partial charge in [-0.1, -0.05) is 29.8 Å². The highest BCUT2D eigenvalue weighted by molar-refractivity contribution is 6.33. The maximum atomic E-state index is 11.9. The molecule has 33 heavy (non-hydrogen) atoms. The SMILES string of the molecule is CC(=O)C1CCCN1Cc1ccc(Nc2ccc(C34CC5CC(CC(C5)C3)C4)cc2Cl)cc1. The molecular weight excluding hydrogens is 428 g/mol. The molecule has 1 N–H and O–H groups in total. The second-order valence-electron chi connectivity index (χ2n) is 11.5. The molecule has 1 saturated heterocycles. The van der Waals surface area contributed by atoms with E-state index in [0.717, 1.165) is 60.1 Å². The lowest BCUT2D eigenvalue weighted by atomic mass is 9.48. The zero-order valence-electron chi connectivity index (χ0n) is 19.7. The summed E-state index contributed by atoms with van der Waals surface area (Å²) in [5.41, 5.74) is 5.13. The number of Topliss-reactive ketones (excluding diaryl/α,β-unsaturated/α-hetero) is 1. The highest BCUT2D eigenvalue weighted by Crippen LogP contribution is 2.61. The minimum atomic E-state index is 0.0918. The van der Waals surface area contributed by atoms with Crippen molar-refractivity contribution < 1.29 is 4.79 Å². The molecule has 7 rings (SSSR count). The normalized spacial score (nSPS) is 32.9. The smallest absolute Gasteiger partial charge is 0.146 e. The molecule has 4 bridgehead atoms. The van der Waals surface area contributed by atoms with Crippen LogP contribution in [0.3, 0.4) is 0 Å². The van der Waals surface area contributed by atoms with E-state index in [9.17, 15) is 4.79 Å². The van der Waals surface area contributed by atoms with Gasteiger partial charge in [-0.25, -0.2) is 0 Å². The Balaban J connectivity index is 1.14. The third-order valence-electron chi connectivity index (χ3n) is 9.07. The fourth-order valence-electron chi connectivity index (χ4n) is 7.97. The van der Waals surface area contributed by atoms with Crippen LogP contribution in [-0.2, 0) is 16.8 Å². The number of hydrogen-bond donors (Lipinski definition) is 1. The van der Waals surface area contributed by atoms with E-state index in [1.54, 1.807) is 6.92 Å². The average Bonchev–Trinajstić information content (AvgIpc) is 3.24. The Morgan fingerprint density at radius 3 is 2.30 bits per heavy atom. The number of nitrogens with zero attached hydrogens (tertiary/aromatic N) is 1. The fraction of sp³-hybridized carbons (Fsp3) is 0.552. The van der Waals surface area contributed by atoms with E-state index in [-0.39, 0.29) is 11.8 Å². The van der Waals surface area contributed by atoms with Crippen LogP contribution < -0.4 is 5.32 Å². The second kappa shape index (κ2) is 8.43. The van der Waals surface area contributed by atoms with Crippen molar-refractivity contribution in [3.05, 3.63) is 58.6 Å². The van der Waals surface area contributed by atoms with Gasteiger partial charge in [0.15, 0.2) is 0 Å². The summed E-state index contributed by atoms with van der Waals surface area (Å²) < 4.78 is 0. The number of likely N-dealkylation sites (tertiary alicyclic amines) is 1. The first-order chi connectivity index (χ1) is 16.0. The second-order valence-corrected chi connectivity index (χ2v) is 11.9. The van der Waals surface area contributed by atoms with Crippen molar-refractivity contribution in [2.24, 2.45) is 17.8 Å². The largest absolute Gasteiger partial charge is 0.354 e. The molecule has 4 aliphatic carbocycles. The molecule has 174 valence electrons. The Morgan fingerprint density at radius 2 is 1.70 bits per heavy atom. The molecule has 2 aromatic rings. The number of hydrogen-bond acceptors (Lipinski definition) is 3. The van der Waals surface area contributed by atoms with Gasteiger partial charge in [0.25, 0.3) is 0 Å². The molecule has 0 spiro atoms. The number of nitrogens with one attached hydrogen (secondary N) is 1. The highest BCUT2D eigenvalue weighted by atomic mass is 35.5. The summed E-state index contributed by atoms with van der Waals surface area (Å²) in [6.07, 6.45) is 10.6. The predicted molar refractivity (Wildman–Crippen MR) is 135 cm³/mol. The maximum Gasteiger partial charge on any atom is 0.146 e. The fourth-order valence-corrected chi connectivity index (χ4v) is 8.20. The summed E-state index contributed by atoms with van der Waals surface area (Å²) in [7, 11) is 0. The highest BCUT2D eigenvalue weighted by Gasteiger charge is 2.51. The van der Waals surface area contributed by atoms with Crippen molar-refractivity contribution in [3.8, 4) is 0 Å². The van der Waals surface area contributed by atoms with Gasteiger partial charge in [0.2, 0.25) is 0 Å². The van der Waals surface area contributed by atoms with E-state index in [1.165, 1.54) is 49.7 Å². The number of carbonyl (C=O) groups excluding carboxylic acids is 1. The van der Waals surface area contributed by atoms with Crippen LogP contribution in [0, 0.1) is 17.8 Å². The van der Waals surface area contributed by atoms with Crippen LogP contribution in [0.5, 0.6) is 0 Å². The molecule has 5 fully saturated rings. The Morgan fingerprint density at radius 1 is 1.03 bits per heavy atom. The first-order valence-electron chi connectivity index (χ1n) is 12.9. The molecule has 2 aromatic carbocycles. The number of benzene rings is 2. The van der Waals surface area contributed by atoms with Gasteiger partial charge in [0.05, 0.1) is 16.8 Å². The van der Waals surface area contributed by atoms with E-state index < -0.39 is 0 Å². The Kier molecular flexibility index (Phi) is 5.54. The van der Waals surface area contributed by atoms with E-state index in [1.807, 2.05) is 0 Å². The summed E-state index contributed by atoms with van der Waals surface area (Å²) in [5, 5.41) is 4.35. The minimum Gasteiger partial charge on any atom is -0.354 e. The van der Waals surface area contributed by atoms with E-state index >= 15 is 0 Å². The van der Waals surface area contributed by atoms with Crippen molar-refractivity contribution >= 4 is 28.8 Å². The lowest BCUT2D eigenvalue weighted by Gasteiger charge is -2.57. The topological polar surface area (TPSA) is 32.3 Å². The molecule has 1 heterocycles. The van der Waals surface area contributed by atoms with Crippen LogP contribution in [0.25, 0.3) is 0 Å². The number of rotatable bonds is 6. The van der Waals surface area contributed by atoms with Crippen LogP contribution in [-0.4, -0.2) is 23.3 Å². The molecule has 5 aliphatic rings. The van der Waals surface area contributed by atoms with Crippen LogP contribution in [0.2, 0.25) is 5.02 Å². The van der Waals surface area contributed by atoms with Gasteiger partial charge < -0.3 is 5.32 Å². The number of ketones is 1. The summed E-state index contributed by atoms with van der Waals surface area (Å²) in [5.74, 6) is 3.12. The molecule has 1 atom stereocenters. The van der Waals surface area contributed by atoms with Gasteiger partial charge in [-0.3, -0.25) is 9.69 Å². The number of anilines is 2. The average molecular weight is 463 g/mol. The minimum absolute atomic E-state index is 0.0918. The molecule has 0 aromatic heterocycles. The molecule has 1 unspecified atom stereocenters. The monoisotopic (exact) mass is 462 g/mol. The van der Waals surface area contributed by atoms with E-state index in [2.05, 4.69) is 52.7 Å². The van der Waals surface area contributed by atoms with Crippen LogP contribution in [0.1, 0.15) is 69.4 Å². The Labute approximate surface area is 202 Å². The molecule has 0 amide bonds. The van der Waals surface area contributed by atoms with Crippen LogP contribution >= 0.6 is 11.6 Å². The summed E-state index contributed by atoms with van der Waals surface area (Å²) in [6.45, 7) is 3.56. The van der Waals surface area contributed by atoms with E-state index in [0.29, 0.717) is 5.41 Å². The Hall–Kier alpha value is -1.84. The number of halogens is 1. The summed E-state index contributed by atoms with van der Waals surface area (Å²) in [4.78, 5) is 14.2. The third kappa shape index (κ3) is 4.12. The molecule has 1 aliphatic heterocycles. The lowest BCUT2D eigenvalue weighted by Crippen LogP contribution is -2.48. The maximum absolute atomic E-state index is 11.9. The predicted octanol–water partition coefficient (Wildman–Crippen LogP) is 7.10. The first-order valence-corrected chi connectivity index (χ1v) is 13.3.